The van der Waals surface area contributed by atoms with E-state index in [2.05, 4.69) is 5.32 Å². The van der Waals surface area contributed by atoms with E-state index in [1.54, 1.807) is 18.2 Å². The zero-order valence-corrected chi connectivity index (χ0v) is 12.0. The normalized spacial score (nSPS) is 13.1. The first-order valence-electron chi connectivity index (χ1n) is 6.95. The third-order valence-electron chi connectivity index (χ3n) is 3.19. The van der Waals surface area contributed by atoms with Gasteiger partial charge in [0.05, 0.1) is 0 Å². The van der Waals surface area contributed by atoms with E-state index in [1.807, 2.05) is 0 Å². The number of rotatable bonds is 3. The summed E-state index contributed by atoms with van der Waals surface area (Å²) in [5.41, 5.74) is 0.659. The van der Waals surface area contributed by atoms with Gasteiger partial charge in [-0.3, -0.25) is 4.79 Å². The molecule has 0 bridgehead atoms. The molecule has 0 aromatic heterocycles. The number of hydrogen-bond donors (Lipinski definition) is 1. The molecule has 1 aliphatic rings. The van der Waals surface area contributed by atoms with Crippen molar-refractivity contribution in [2.75, 3.05) is 18.5 Å². The zero-order chi connectivity index (χ0) is 16.2. The van der Waals surface area contributed by atoms with Crippen LogP contribution in [0.1, 0.15) is 5.56 Å². The Morgan fingerprint density at radius 3 is 2.61 bits per heavy atom. The fraction of sp³-hybridized carbons (Fsp3) is 0.118. The summed E-state index contributed by atoms with van der Waals surface area (Å²) >= 11 is 0. The van der Waals surface area contributed by atoms with Crippen LogP contribution in [-0.4, -0.2) is 19.1 Å². The van der Waals surface area contributed by atoms with Crippen LogP contribution in [0.3, 0.4) is 0 Å². The number of fused-ring (bicyclic) bond motifs is 1. The van der Waals surface area contributed by atoms with Crippen LogP contribution >= 0.6 is 0 Å². The molecule has 2 aromatic rings. The third-order valence-corrected chi connectivity index (χ3v) is 3.19. The Morgan fingerprint density at radius 2 is 1.83 bits per heavy atom. The van der Waals surface area contributed by atoms with Crippen LogP contribution in [0.4, 0.5) is 14.5 Å². The topological polar surface area (TPSA) is 47.6 Å². The van der Waals surface area contributed by atoms with Gasteiger partial charge in [-0.25, -0.2) is 8.78 Å². The maximum Gasteiger partial charge on any atom is 0.248 e. The van der Waals surface area contributed by atoms with Crippen molar-refractivity contribution in [1.29, 1.82) is 0 Å². The number of nitrogens with one attached hydrogen (secondary N) is 1. The molecule has 0 spiro atoms. The van der Waals surface area contributed by atoms with Crippen molar-refractivity contribution in [3.63, 3.8) is 0 Å². The van der Waals surface area contributed by atoms with Gasteiger partial charge in [0.2, 0.25) is 5.91 Å². The number of anilines is 1. The molecular formula is C17H13F2NO3. The highest BCUT2D eigenvalue weighted by Crippen LogP contribution is 2.32. The van der Waals surface area contributed by atoms with E-state index in [0.29, 0.717) is 30.4 Å². The van der Waals surface area contributed by atoms with Gasteiger partial charge in [-0.2, -0.15) is 0 Å². The molecule has 0 atom stereocenters. The molecule has 23 heavy (non-hydrogen) atoms. The Hall–Kier alpha value is -2.89. The molecule has 0 saturated carbocycles. The first-order chi connectivity index (χ1) is 11.1. The molecule has 0 fully saturated rings. The summed E-state index contributed by atoms with van der Waals surface area (Å²) < 4.78 is 37.1. The minimum absolute atomic E-state index is 0.128. The number of amides is 1. The molecule has 4 nitrogen and oxygen atoms in total. The number of carbonyl (C=O) groups excluding carboxylic acids is 1. The lowest BCUT2D eigenvalue weighted by molar-refractivity contribution is -0.111. The van der Waals surface area contributed by atoms with Crippen LogP contribution < -0.4 is 14.8 Å². The zero-order valence-electron chi connectivity index (χ0n) is 12.0. The maximum absolute atomic E-state index is 13.5. The molecular weight excluding hydrogens is 304 g/mol. The molecule has 0 radical (unpaired) electrons. The van der Waals surface area contributed by atoms with Crippen molar-refractivity contribution in [1.82, 2.24) is 0 Å². The average molecular weight is 317 g/mol. The summed E-state index contributed by atoms with van der Waals surface area (Å²) in [4.78, 5) is 11.9. The number of hydrogen-bond acceptors (Lipinski definition) is 3. The summed E-state index contributed by atoms with van der Waals surface area (Å²) in [6.45, 7) is 0.943. The molecule has 0 saturated heterocycles. The Morgan fingerprint density at radius 1 is 1.04 bits per heavy atom. The number of halogens is 2. The van der Waals surface area contributed by atoms with Crippen molar-refractivity contribution < 1.29 is 23.0 Å². The summed E-state index contributed by atoms with van der Waals surface area (Å²) in [6.07, 6.45) is 2.45. The van der Waals surface area contributed by atoms with E-state index in [4.69, 9.17) is 9.47 Å². The quantitative estimate of drug-likeness (QED) is 0.883. The first kappa shape index (κ1) is 15.0. The lowest BCUT2D eigenvalue weighted by atomic mass is 10.2. The van der Waals surface area contributed by atoms with Crippen LogP contribution in [0.15, 0.2) is 42.5 Å². The summed E-state index contributed by atoms with van der Waals surface area (Å²) in [5.74, 6) is -0.653. The van der Waals surface area contributed by atoms with E-state index in [-0.39, 0.29) is 5.56 Å². The van der Waals surface area contributed by atoms with Crippen LogP contribution in [0.2, 0.25) is 0 Å². The summed E-state index contributed by atoms with van der Waals surface area (Å²) in [7, 11) is 0. The summed E-state index contributed by atoms with van der Waals surface area (Å²) in [6, 6.07) is 8.18. The second-order valence-corrected chi connectivity index (χ2v) is 4.85. The van der Waals surface area contributed by atoms with Gasteiger partial charge in [0.1, 0.15) is 24.8 Å². The Bertz CT molecular complexity index is 774. The van der Waals surface area contributed by atoms with Crippen LogP contribution in [0.25, 0.3) is 6.08 Å². The lowest BCUT2D eigenvalue weighted by Crippen LogP contribution is -2.16. The van der Waals surface area contributed by atoms with Gasteiger partial charge in [-0.15, -0.1) is 0 Å². The van der Waals surface area contributed by atoms with Gasteiger partial charge in [-0.1, -0.05) is 0 Å². The SMILES string of the molecule is O=C(/C=C/c1ccc(F)cc1F)Nc1ccc2c(c1)OCCO2. The number of carbonyl (C=O) groups is 1. The molecule has 1 N–H and O–H groups in total. The predicted octanol–water partition coefficient (Wildman–Crippen LogP) is 3.39. The van der Waals surface area contributed by atoms with Crippen LogP contribution in [0, 0.1) is 11.6 Å². The molecule has 118 valence electrons. The second-order valence-electron chi connectivity index (χ2n) is 4.85. The van der Waals surface area contributed by atoms with E-state index in [0.717, 1.165) is 12.1 Å². The fourth-order valence-corrected chi connectivity index (χ4v) is 2.11. The van der Waals surface area contributed by atoms with E-state index in [1.165, 1.54) is 18.2 Å². The number of ether oxygens (including phenoxy) is 2. The number of benzene rings is 2. The van der Waals surface area contributed by atoms with Crippen LogP contribution in [0.5, 0.6) is 11.5 Å². The standard InChI is InChI=1S/C17H13F2NO3/c18-12-3-1-11(14(19)9-12)2-6-17(21)20-13-4-5-15-16(10-13)23-8-7-22-15/h1-6,9-10H,7-8H2,(H,20,21)/b6-2+. The van der Waals surface area contributed by atoms with Gasteiger partial charge in [0, 0.05) is 29.5 Å². The van der Waals surface area contributed by atoms with E-state index >= 15 is 0 Å². The molecule has 3 rings (SSSR count). The van der Waals surface area contributed by atoms with Crippen LogP contribution in [-0.2, 0) is 4.79 Å². The largest absolute Gasteiger partial charge is 0.486 e. The Labute approximate surface area is 131 Å². The molecule has 0 unspecified atom stereocenters. The monoisotopic (exact) mass is 317 g/mol. The average Bonchev–Trinajstić information content (AvgIpc) is 2.54. The van der Waals surface area contributed by atoms with E-state index in [9.17, 15) is 13.6 Å². The molecule has 1 heterocycles. The first-order valence-corrected chi connectivity index (χ1v) is 6.95. The van der Waals surface area contributed by atoms with Gasteiger partial charge in [-0.05, 0) is 30.3 Å². The van der Waals surface area contributed by atoms with E-state index < -0.39 is 17.5 Å². The smallest absolute Gasteiger partial charge is 0.248 e. The highest BCUT2D eigenvalue weighted by atomic mass is 19.1. The second kappa shape index (κ2) is 6.48. The lowest BCUT2D eigenvalue weighted by Gasteiger charge is -2.18. The van der Waals surface area contributed by atoms with Gasteiger partial charge in [0.25, 0.3) is 0 Å². The Balaban J connectivity index is 1.68. The molecule has 1 amide bonds. The summed E-state index contributed by atoms with van der Waals surface area (Å²) in [5, 5.41) is 2.64. The molecule has 6 heteroatoms. The van der Waals surface area contributed by atoms with Gasteiger partial charge < -0.3 is 14.8 Å². The minimum Gasteiger partial charge on any atom is -0.486 e. The highest BCUT2D eigenvalue weighted by molar-refractivity contribution is 6.02. The van der Waals surface area contributed by atoms with Gasteiger partial charge in [0.15, 0.2) is 11.5 Å². The van der Waals surface area contributed by atoms with Crippen molar-refractivity contribution in [2.24, 2.45) is 0 Å². The van der Waals surface area contributed by atoms with Crippen molar-refractivity contribution in [3.05, 3.63) is 59.7 Å². The van der Waals surface area contributed by atoms with Crippen molar-refractivity contribution >= 4 is 17.7 Å². The van der Waals surface area contributed by atoms with Crippen molar-refractivity contribution in [3.8, 4) is 11.5 Å². The Kier molecular flexibility index (Phi) is 4.23. The minimum atomic E-state index is -0.728. The maximum atomic E-state index is 13.5. The van der Waals surface area contributed by atoms with Gasteiger partial charge >= 0.3 is 0 Å². The third kappa shape index (κ3) is 3.66. The molecule has 1 aliphatic heterocycles. The predicted molar refractivity (Wildman–Crippen MR) is 81.5 cm³/mol. The molecule has 0 aliphatic carbocycles. The van der Waals surface area contributed by atoms with Crippen molar-refractivity contribution in [2.45, 2.75) is 0 Å². The molecule has 2 aromatic carbocycles. The fourth-order valence-electron chi connectivity index (χ4n) is 2.11. The highest BCUT2D eigenvalue weighted by Gasteiger charge is 2.12.